The molecule has 2 rings (SSSR count). The number of methoxy groups -OCH3 is 1. The van der Waals surface area contributed by atoms with Gasteiger partial charge >= 0.3 is 5.97 Å². The molecule has 122 valence electrons. The Morgan fingerprint density at radius 3 is 2.86 bits per heavy atom. The van der Waals surface area contributed by atoms with Crippen molar-refractivity contribution in [1.82, 2.24) is 10.0 Å². The Bertz CT molecular complexity index is 637. The van der Waals surface area contributed by atoms with E-state index in [-0.39, 0.29) is 10.5 Å². The van der Waals surface area contributed by atoms with Gasteiger partial charge in [0.25, 0.3) is 0 Å². The van der Waals surface area contributed by atoms with E-state index >= 15 is 0 Å². The van der Waals surface area contributed by atoms with Crippen molar-refractivity contribution in [3.8, 4) is 0 Å². The number of hydrogen-bond acceptors (Lipinski definition) is 5. The number of aryl methyl sites for hydroxylation is 1. The molecule has 1 aliphatic heterocycles. The molecule has 0 spiro atoms. The molecule has 0 radical (unpaired) electrons. The van der Waals surface area contributed by atoms with E-state index < -0.39 is 16.0 Å². The van der Waals surface area contributed by atoms with E-state index in [0.29, 0.717) is 18.2 Å². The fourth-order valence-electron chi connectivity index (χ4n) is 2.58. The highest BCUT2D eigenvalue weighted by atomic mass is 32.2. The number of esters is 1. The molecule has 1 fully saturated rings. The summed E-state index contributed by atoms with van der Waals surface area (Å²) in [6, 6.07) is 4.91. The third-order valence-corrected chi connectivity index (χ3v) is 5.45. The zero-order chi connectivity index (χ0) is 16.2. The predicted octanol–water partition coefficient (Wildman–Crippen LogP) is 1.20. The molecule has 1 heterocycles. The summed E-state index contributed by atoms with van der Waals surface area (Å²) in [6.45, 7) is 3.08. The lowest BCUT2D eigenvalue weighted by atomic mass is 10.1. The van der Waals surface area contributed by atoms with Crippen LogP contribution in [0.3, 0.4) is 0 Å². The molecule has 0 unspecified atom stereocenters. The van der Waals surface area contributed by atoms with Gasteiger partial charge in [0.2, 0.25) is 10.0 Å². The number of ether oxygens (including phenoxy) is 1. The van der Waals surface area contributed by atoms with Gasteiger partial charge in [-0.15, -0.1) is 0 Å². The standard InChI is InChI=1S/C15H22N2O4S/c1-11-5-6-12(15(18)21-2)10-14(11)22(19,20)17-9-7-13-4-3-8-16-13/h5-6,10,13,16-17H,3-4,7-9H2,1-2H3/t13-/m1/s1. The molecule has 1 aliphatic rings. The first-order valence-electron chi connectivity index (χ1n) is 7.36. The molecule has 0 saturated carbocycles. The van der Waals surface area contributed by atoms with Crippen LogP contribution < -0.4 is 10.0 Å². The smallest absolute Gasteiger partial charge is 0.337 e. The second-order valence-corrected chi connectivity index (χ2v) is 7.19. The summed E-state index contributed by atoms with van der Waals surface area (Å²) in [5, 5.41) is 3.33. The minimum Gasteiger partial charge on any atom is -0.465 e. The van der Waals surface area contributed by atoms with Gasteiger partial charge in [0.05, 0.1) is 17.6 Å². The van der Waals surface area contributed by atoms with Crippen molar-refractivity contribution in [1.29, 1.82) is 0 Å². The number of carbonyl (C=O) groups excluding carboxylic acids is 1. The van der Waals surface area contributed by atoms with Crippen LogP contribution in [0.1, 0.15) is 35.2 Å². The normalized spacial score (nSPS) is 18.4. The number of carbonyl (C=O) groups is 1. The molecule has 1 saturated heterocycles. The van der Waals surface area contributed by atoms with Gasteiger partial charge in [-0.1, -0.05) is 6.07 Å². The molecular formula is C15H22N2O4S. The number of benzene rings is 1. The lowest BCUT2D eigenvalue weighted by Gasteiger charge is -2.13. The Labute approximate surface area is 131 Å². The lowest BCUT2D eigenvalue weighted by Crippen LogP contribution is -2.31. The van der Waals surface area contributed by atoms with Crippen molar-refractivity contribution < 1.29 is 17.9 Å². The third-order valence-electron chi connectivity index (χ3n) is 3.85. The zero-order valence-electron chi connectivity index (χ0n) is 12.9. The largest absolute Gasteiger partial charge is 0.465 e. The average molecular weight is 326 g/mol. The van der Waals surface area contributed by atoms with Gasteiger partial charge < -0.3 is 10.1 Å². The van der Waals surface area contributed by atoms with E-state index in [1.54, 1.807) is 19.1 Å². The molecule has 0 amide bonds. The fraction of sp³-hybridized carbons (Fsp3) is 0.533. The molecular weight excluding hydrogens is 304 g/mol. The summed E-state index contributed by atoms with van der Waals surface area (Å²) in [4.78, 5) is 11.7. The Balaban J connectivity index is 2.08. The first kappa shape index (κ1) is 16.9. The van der Waals surface area contributed by atoms with Crippen LogP contribution in [-0.2, 0) is 14.8 Å². The van der Waals surface area contributed by atoms with Crippen LogP contribution in [0.2, 0.25) is 0 Å². The first-order valence-corrected chi connectivity index (χ1v) is 8.84. The molecule has 6 nitrogen and oxygen atoms in total. The number of hydrogen-bond donors (Lipinski definition) is 2. The van der Waals surface area contributed by atoms with Crippen molar-refractivity contribution in [3.63, 3.8) is 0 Å². The highest BCUT2D eigenvalue weighted by molar-refractivity contribution is 7.89. The summed E-state index contributed by atoms with van der Waals surface area (Å²) < 4.78 is 32.0. The second kappa shape index (κ2) is 7.21. The SMILES string of the molecule is COC(=O)c1ccc(C)c(S(=O)(=O)NCC[C@H]2CCCN2)c1. The van der Waals surface area contributed by atoms with E-state index in [1.807, 2.05) is 0 Å². The lowest BCUT2D eigenvalue weighted by molar-refractivity contribution is 0.0600. The van der Waals surface area contributed by atoms with E-state index in [2.05, 4.69) is 14.8 Å². The third kappa shape index (κ3) is 4.06. The molecule has 2 N–H and O–H groups in total. The Kier molecular flexibility index (Phi) is 5.55. The van der Waals surface area contributed by atoms with Crippen LogP contribution in [0.25, 0.3) is 0 Å². The highest BCUT2D eigenvalue weighted by Crippen LogP contribution is 2.18. The highest BCUT2D eigenvalue weighted by Gasteiger charge is 2.20. The van der Waals surface area contributed by atoms with Gasteiger partial charge in [0.15, 0.2) is 0 Å². The molecule has 0 aromatic heterocycles. The molecule has 0 bridgehead atoms. The summed E-state index contributed by atoms with van der Waals surface area (Å²) in [5.41, 5.74) is 0.824. The van der Waals surface area contributed by atoms with Crippen LogP contribution in [0, 0.1) is 6.92 Å². The van der Waals surface area contributed by atoms with Gasteiger partial charge in [0, 0.05) is 12.6 Å². The number of rotatable bonds is 6. The van der Waals surface area contributed by atoms with Crippen LogP contribution in [0.15, 0.2) is 23.1 Å². The van der Waals surface area contributed by atoms with Gasteiger partial charge in [-0.25, -0.2) is 17.9 Å². The summed E-state index contributed by atoms with van der Waals surface area (Å²) in [7, 11) is -2.37. The Morgan fingerprint density at radius 1 is 1.45 bits per heavy atom. The summed E-state index contributed by atoms with van der Waals surface area (Å²) in [6.07, 6.45) is 2.98. The molecule has 1 atom stereocenters. The quantitative estimate of drug-likeness (QED) is 0.768. The van der Waals surface area contributed by atoms with Crippen LogP contribution in [0.5, 0.6) is 0 Å². The Morgan fingerprint density at radius 2 is 2.23 bits per heavy atom. The van der Waals surface area contributed by atoms with E-state index in [4.69, 9.17) is 0 Å². The van der Waals surface area contributed by atoms with Crippen molar-refractivity contribution in [3.05, 3.63) is 29.3 Å². The van der Waals surface area contributed by atoms with Crippen molar-refractivity contribution in [2.24, 2.45) is 0 Å². The number of nitrogens with one attached hydrogen (secondary N) is 2. The summed E-state index contributed by atoms with van der Waals surface area (Å²) in [5.74, 6) is -0.549. The maximum Gasteiger partial charge on any atom is 0.337 e. The second-order valence-electron chi connectivity index (χ2n) is 5.45. The van der Waals surface area contributed by atoms with Crippen molar-refractivity contribution >= 4 is 16.0 Å². The van der Waals surface area contributed by atoms with Gasteiger partial charge in [0.1, 0.15) is 0 Å². The molecule has 1 aromatic carbocycles. The minimum atomic E-state index is -3.63. The predicted molar refractivity (Wildman–Crippen MR) is 83.3 cm³/mol. The molecule has 7 heteroatoms. The summed E-state index contributed by atoms with van der Waals surface area (Å²) >= 11 is 0. The van der Waals surface area contributed by atoms with E-state index in [9.17, 15) is 13.2 Å². The zero-order valence-corrected chi connectivity index (χ0v) is 13.7. The van der Waals surface area contributed by atoms with E-state index in [0.717, 1.165) is 25.8 Å². The van der Waals surface area contributed by atoms with Gasteiger partial charge in [-0.05, 0) is 50.4 Å². The average Bonchev–Trinajstić information content (AvgIpc) is 3.00. The molecule has 0 aliphatic carbocycles. The van der Waals surface area contributed by atoms with Gasteiger partial charge in [-0.3, -0.25) is 0 Å². The maximum absolute atomic E-state index is 12.4. The molecule has 22 heavy (non-hydrogen) atoms. The van der Waals surface area contributed by atoms with Crippen LogP contribution >= 0.6 is 0 Å². The minimum absolute atomic E-state index is 0.120. The van der Waals surface area contributed by atoms with Gasteiger partial charge in [-0.2, -0.15) is 0 Å². The van der Waals surface area contributed by atoms with Crippen molar-refractivity contribution in [2.45, 2.75) is 37.1 Å². The van der Waals surface area contributed by atoms with Crippen molar-refractivity contribution in [2.75, 3.05) is 20.2 Å². The monoisotopic (exact) mass is 326 g/mol. The Hall–Kier alpha value is -1.44. The van der Waals surface area contributed by atoms with Crippen LogP contribution in [-0.4, -0.2) is 40.6 Å². The molecule has 1 aromatic rings. The van der Waals surface area contributed by atoms with E-state index in [1.165, 1.54) is 13.2 Å². The van der Waals surface area contributed by atoms with Crippen LogP contribution in [0.4, 0.5) is 0 Å². The maximum atomic E-state index is 12.4. The topological polar surface area (TPSA) is 84.5 Å². The fourth-order valence-corrected chi connectivity index (χ4v) is 3.90. The first-order chi connectivity index (χ1) is 10.4. The number of sulfonamides is 1.